The zero-order valence-corrected chi connectivity index (χ0v) is 12.3. The van der Waals surface area contributed by atoms with E-state index in [0.29, 0.717) is 18.0 Å². The molecule has 1 rings (SSSR count). The second kappa shape index (κ2) is 7.62. The van der Waals surface area contributed by atoms with E-state index in [0.717, 1.165) is 19.4 Å². The number of aromatic carboxylic acids is 1. The summed E-state index contributed by atoms with van der Waals surface area (Å²) in [5.41, 5.74) is 0.382. The molecule has 0 radical (unpaired) electrons. The minimum absolute atomic E-state index is 0.0513. The highest BCUT2D eigenvalue weighted by Crippen LogP contribution is 2.13. The Morgan fingerprint density at radius 1 is 1.25 bits per heavy atom. The van der Waals surface area contributed by atoms with Crippen molar-refractivity contribution in [3.63, 3.8) is 0 Å². The first-order valence-corrected chi connectivity index (χ1v) is 7.02. The monoisotopic (exact) mass is 278 g/mol. The minimum atomic E-state index is -1.09. The molecule has 0 aliphatic carbocycles. The lowest BCUT2D eigenvalue weighted by molar-refractivity contribution is 0.0685. The van der Waals surface area contributed by atoms with E-state index in [-0.39, 0.29) is 11.6 Å². The van der Waals surface area contributed by atoms with Crippen molar-refractivity contribution < 1.29 is 14.7 Å². The Morgan fingerprint density at radius 3 is 2.30 bits per heavy atom. The maximum absolute atomic E-state index is 12.4. The van der Waals surface area contributed by atoms with Crippen molar-refractivity contribution >= 4 is 11.9 Å². The average molecular weight is 278 g/mol. The van der Waals surface area contributed by atoms with Crippen molar-refractivity contribution in [1.82, 2.24) is 9.88 Å². The predicted octanol–water partition coefficient (Wildman–Crippen LogP) is 2.68. The van der Waals surface area contributed by atoms with Crippen molar-refractivity contribution in [3.05, 3.63) is 29.6 Å². The molecule has 1 amide bonds. The summed E-state index contributed by atoms with van der Waals surface area (Å²) in [5.74, 6) is -0.692. The molecule has 110 valence electrons. The van der Waals surface area contributed by atoms with Crippen LogP contribution in [-0.4, -0.2) is 40.0 Å². The predicted molar refractivity (Wildman–Crippen MR) is 76.8 cm³/mol. The summed E-state index contributed by atoms with van der Waals surface area (Å²) in [4.78, 5) is 28.7. The summed E-state index contributed by atoms with van der Waals surface area (Å²) in [6.45, 7) is 7.55. The molecule has 0 aromatic carbocycles. The van der Waals surface area contributed by atoms with E-state index in [4.69, 9.17) is 5.11 Å². The highest BCUT2D eigenvalue weighted by Gasteiger charge is 2.18. The van der Waals surface area contributed by atoms with Gasteiger partial charge in [-0.05, 0) is 25.0 Å². The van der Waals surface area contributed by atoms with Crippen molar-refractivity contribution in [2.24, 2.45) is 5.92 Å². The molecule has 0 bridgehead atoms. The molecule has 5 heteroatoms. The Kier molecular flexibility index (Phi) is 6.15. The average Bonchev–Trinajstić information content (AvgIpc) is 2.48. The smallest absolute Gasteiger partial charge is 0.354 e. The van der Waals surface area contributed by atoms with Gasteiger partial charge in [-0.3, -0.25) is 4.79 Å². The van der Waals surface area contributed by atoms with Gasteiger partial charge in [-0.15, -0.1) is 0 Å². The largest absolute Gasteiger partial charge is 0.477 e. The van der Waals surface area contributed by atoms with E-state index in [9.17, 15) is 9.59 Å². The Morgan fingerprint density at radius 2 is 1.90 bits per heavy atom. The van der Waals surface area contributed by atoms with Crippen molar-refractivity contribution in [3.8, 4) is 0 Å². The van der Waals surface area contributed by atoms with Gasteiger partial charge in [0, 0.05) is 19.3 Å². The maximum Gasteiger partial charge on any atom is 0.354 e. The SMILES string of the molecule is CCC(CC)CN(CC)C(=O)c1ccc(C(=O)O)nc1. The van der Waals surface area contributed by atoms with Crippen LogP contribution >= 0.6 is 0 Å². The van der Waals surface area contributed by atoms with Crippen molar-refractivity contribution in [2.75, 3.05) is 13.1 Å². The molecule has 1 aromatic rings. The number of carbonyl (C=O) groups excluding carboxylic acids is 1. The molecule has 0 unspecified atom stereocenters. The van der Waals surface area contributed by atoms with Gasteiger partial charge in [0.15, 0.2) is 0 Å². The lowest BCUT2D eigenvalue weighted by Gasteiger charge is -2.25. The van der Waals surface area contributed by atoms with E-state index in [1.54, 1.807) is 4.90 Å². The maximum atomic E-state index is 12.4. The molecule has 0 atom stereocenters. The van der Waals surface area contributed by atoms with Gasteiger partial charge in [-0.2, -0.15) is 0 Å². The van der Waals surface area contributed by atoms with Crippen LogP contribution in [-0.2, 0) is 0 Å². The third-order valence-corrected chi connectivity index (χ3v) is 3.53. The fourth-order valence-electron chi connectivity index (χ4n) is 2.04. The fourth-order valence-corrected chi connectivity index (χ4v) is 2.04. The molecule has 0 saturated heterocycles. The molecule has 0 saturated carbocycles. The summed E-state index contributed by atoms with van der Waals surface area (Å²) in [6, 6.07) is 2.88. The molecular weight excluding hydrogens is 256 g/mol. The van der Waals surface area contributed by atoms with Gasteiger partial charge < -0.3 is 10.0 Å². The molecule has 1 aromatic heterocycles. The van der Waals surface area contributed by atoms with Crippen LogP contribution in [0.1, 0.15) is 54.5 Å². The van der Waals surface area contributed by atoms with Crippen LogP contribution in [0, 0.1) is 5.92 Å². The van der Waals surface area contributed by atoms with Gasteiger partial charge >= 0.3 is 5.97 Å². The van der Waals surface area contributed by atoms with Gasteiger partial charge in [0.05, 0.1) is 5.56 Å². The van der Waals surface area contributed by atoms with Crippen LogP contribution in [0.2, 0.25) is 0 Å². The topological polar surface area (TPSA) is 70.5 Å². The van der Waals surface area contributed by atoms with Gasteiger partial charge in [0.1, 0.15) is 5.69 Å². The number of hydrogen-bond donors (Lipinski definition) is 1. The van der Waals surface area contributed by atoms with E-state index in [1.165, 1.54) is 18.3 Å². The van der Waals surface area contributed by atoms with E-state index >= 15 is 0 Å². The van der Waals surface area contributed by atoms with Crippen molar-refractivity contribution in [2.45, 2.75) is 33.6 Å². The van der Waals surface area contributed by atoms with Crippen LogP contribution in [0.5, 0.6) is 0 Å². The van der Waals surface area contributed by atoms with Gasteiger partial charge in [-0.25, -0.2) is 9.78 Å². The zero-order chi connectivity index (χ0) is 15.1. The minimum Gasteiger partial charge on any atom is -0.477 e. The molecule has 1 N–H and O–H groups in total. The second-order valence-corrected chi connectivity index (χ2v) is 4.76. The normalized spacial score (nSPS) is 10.6. The van der Waals surface area contributed by atoms with Crippen LogP contribution < -0.4 is 0 Å². The summed E-state index contributed by atoms with van der Waals surface area (Å²) in [5, 5.41) is 8.79. The van der Waals surface area contributed by atoms with Gasteiger partial charge in [-0.1, -0.05) is 26.7 Å². The Hall–Kier alpha value is -1.91. The fraction of sp³-hybridized carbons (Fsp3) is 0.533. The molecule has 0 aliphatic heterocycles. The number of amides is 1. The number of carbonyl (C=O) groups is 2. The van der Waals surface area contributed by atoms with E-state index in [2.05, 4.69) is 18.8 Å². The molecule has 0 fully saturated rings. The van der Waals surface area contributed by atoms with Gasteiger partial charge in [0.2, 0.25) is 0 Å². The first-order chi connectivity index (χ1) is 9.53. The lowest BCUT2D eigenvalue weighted by atomic mass is 10.0. The quantitative estimate of drug-likeness (QED) is 0.832. The molecule has 5 nitrogen and oxygen atoms in total. The van der Waals surface area contributed by atoms with Crippen LogP contribution in [0.4, 0.5) is 0 Å². The van der Waals surface area contributed by atoms with Crippen LogP contribution in [0.3, 0.4) is 0 Å². The number of aromatic nitrogens is 1. The lowest BCUT2D eigenvalue weighted by Crippen LogP contribution is -2.35. The first kappa shape index (κ1) is 16.1. The molecule has 0 spiro atoms. The number of carboxylic acid groups (broad SMARTS) is 1. The van der Waals surface area contributed by atoms with Gasteiger partial charge in [0.25, 0.3) is 5.91 Å². The van der Waals surface area contributed by atoms with Crippen molar-refractivity contribution in [1.29, 1.82) is 0 Å². The highest BCUT2D eigenvalue weighted by atomic mass is 16.4. The Bertz CT molecular complexity index is 453. The third kappa shape index (κ3) is 4.05. The summed E-state index contributed by atoms with van der Waals surface area (Å²) in [7, 11) is 0. The zero-order valence-electron chi connectivity index (χ0n) is 12.3. The summed E-state index contributed by atoms with van der Waals surface area (Å²) < 4.78 is 0. The Labute approximate surface area is 119 Å². The number of nitrogens with zero attached hydrogens (tertiary/aromatic N) is 2. The van der Waals surface area contributed by atoms with Crippen LogP contribution in [0.15, 0.2) is 18.3 Å². The number of hydrogen-bond acceptors (Lipinski definition) is 3. The molecule has 0 aliphatic rings. The molecule has 1 heterocycles. The second-order valence-electron chi connectivity index (χ2n) is 4.76. The number of rotatable bonds is 7. The third-order valence-electron chi connectivity index (χ3n) is 3.53. The van der Waals surface area contributed by atoms with E-state index in [1.807, 2.05) is 6.92 Å². The van der Waals surface area contributed by atoms with Crippen LogP contribution in [0.25, 0.3) is 0 Å². The molecule has 20 heavy (non-hydrogen) atoms. The first-order valence-electron chi connectivity index (χ1n) is 7.02. The number of pyridine rings is 1. The number of carboxylic acids is 1. The Balaban J connectivity index is 2.82. The summed E-state index contributed by atoms with van der Waals surface area (Å²) >= 11 is 0. The van der Waals surface area contributed by atoms with E-state index < -0.39 is 5.97 Å². The standard InChI is InChI=1S/C15H22N2O3/c1-4-11(5-2)10-17(6-3)14(18)12-7-8-13(15(19)20)16-9-12/h7-9,11H,4-6,10H2,1-3H3,(H,19,20). The highest BCUT2D eigenvalue weighted by molar-refractivity contribution is 5.94. The summed E-state index contributed by atoms with van der Waals surface area (Å²) in [6.07, 6.45) is 3.41. The molecular formula is C15H22N2O3.